The van der Waals surface area contributed by atoms with Gasteiger partial charge in [0.05, 0.1) is 6.10 Å². The van der Waals surface area contributed by atoms with Crippen LogP contribution in [-0.2, 0) is 0 Å². The lowest BCUT2D eigenvalue weighted by Gasteiger charge is -2.36. The molecule has 60 valence electrons. The normalized spacial score (nSPS) is 39.6. The van der Waals surface area contributed by atoms with Gasteiger partial charge in [0.25, 0.3) is 0 Å². The van der Waals surface area contributed by atoms with Crippen molar-refractivity contribution in [2.75, 3.05) is 0 Å². The molecule has 2 atom stereocenters. The zero-order valence-electron chi connectivity index (χ0n) is 6.80. The Morgan fingerprint density at radius 2 is 2.10 bits per heavy atom. The molecule has 0 radical (unpaired) electrons. The average molecular weight is 143 g/mol. The lowest BCUT2D eigenvalue weighted by atomic mass is 9.74. The highest BCUT2D eigenvalue weighted by molar-refractivity contribution is 4.86. The van der Waals surface area contributed by atoms with Crippen LogP contribution in [0.3, 0.4) is 0 Å². The van der Waals surface area contributed by atoms with E-state index in [0.29, 0.717) is 5.41 Å². The Morgan fingerprint density at radius 3 is 2.50 bits per heavy atom. The molecule has 1 rings (SSSR count). The summed E-state index contributed by atoms with van der Waals surface area (Å²) >= 11 is 0. The Balaban J connectivity index is 2.49. The van der Waals surface area contributed by atoms with Crippen molar-refractivity contribution in [3.05, 3.63) is 0 Å². The molecule has 1 saturated carbocycles. The summed E-state index contributed by atoms with van der Waals surface area (Å²) in [5.74, 6) is 0. The zero-order chi connectivity index (χ0) is 7.78. The first kappa shape index (κ1) is 8.02. The van der Waals surface area contributed by atoms with E-state index in [-0.39, 0.29) is 12.1 Å². The smallest absolute Gasteiger partial charge is 0.0691 e. The molecular formula is C8H17NO. The van der Waals surface area contributed by atoms with Gasteiger partial charge < -0.3 is 10.8 Å². The summed E-state index contributed by atoms with van der Waals surface area (Å²) in [6, 6.07) is 0.00347. The zero-order valence-corrected chi connectivity index (χ0v) is 6.80. The van der Waals surface area contributed by atoms with Gasteiger partial charge in [0.15, 0.2) is 0 Å². The molecule has 2 heteroatoms. The van der Waals surface area contributed by atoms with Gasteiger partial charge in [0.1, 0.15) is 0 Å². The van der Waals surface area contributed by atoms with Crippen molar-refractivity contribution in [3.63, 3.8) is 0 Å². The predicted octanol–water partition coefficient (Wildman–Crippen LogP) is 0.885. The highest BCUT2D eigenvalue weighted by atomic mass is 16.3. The van der Waals surface area contributed by atoms with E-state index in [2.05, 4.69) is 13.8 Å². The van der Waals surface area contributed by atoms with Gasteiger partial charge in [-0.2, -0.15) is 0 Å². The minimum absolute atomic E-state index is 0.00347. The van der Waals surface area contributed by atoms with Crippen LogP contribution in [0, 0.1) is 5.41 Å². The second-order valence-corrected chi connectivity index (χ2v) is 4.14. The number of aliphatic hydroxyl groups is 1. The van der Waals surface area contributed by atoms with Crippen molar-refractivity contribution in [2.45, 2.75) is 45.3 Å². The van der Waals surface area contributed by atoms with Crippen molar-refractivity contribution in [1.82, 2.24) is 0 Å². The fraction of sp³-hybridized carbons (Fsp3) is 1.00. The van der Waals surface area contributed by atoms with Gasteiger partial charge in [-0.1, -0.05) is 13.8 Å². The second kappa shape index (κ2) is 2.51. The van der Waals surface area contributed by atoms with Crippen molar-refractivity contribution in [1.29, 1.82) is 0 Å². The average Bonchev–Trinajstić information content (AvgIpc) is 1.79. The molecule has 0 bridgehead atoms. The van der Waals surface area contributed by atoms with Crippen LogP contribution < -0.4 is 5.73 Å². The maximum atomic E-state index is 9.28. The minimum Gasteiger partial charge on any atom is -0.392 e. The molecule has 0 saturated heterocycles. The molecule has 1 fully saturated rings. The largest absolute Gasteiger partial charge is 0.392 e. The summed E-state index contributed by atoms with van der Waals surface area (Å²) in [6.45, 7) is 4.41. The van der Waals surface area contributed by atoms with Gasteiger partial charge in [-0.05, 0) is 24.7 Å². The van der Waals surface area contributed by atoms with Crippen LogP contribution in [-0.4, -0.2) is 17.3 Å². The third-order valence-corrected chi connectivity index (χ3v) is 2.40. The van der Waals surface area contributed by atoms with Gasteiger partial charge in [-0.3, -0.25) is 0 Å². The van der Waals surface area contributed by atoms with Gasteiger partial charge in [-0.25, -0.2) is 0 Å². The van der Waals surface area contributed by atoms with Crippen LogP contribution in [0.15, 0.2) is 0 Å². The van der Waals surface area contributed by atoms with Crippen molar-refractivity contribution < 1.29 is 5.11 Å². The Kier molecular flexibility index (Phi) is 2.02. The van der Waals surface area contributed by atoms with E-state index in [1.54, 1.807) is 0 Å². The second-order valence-electron chi connectivity index (χ2n) is 4.14. The predicted molar refractivity (Wildman–Crippen MR) is 41.6 cm³/mol. The first-order chi connectivity index (χ1) is 4.51. The van der Waals surface area contributed by atoms with E-state index in [1.807, 2.05) is 0 Å². The molecule has 1 aliphatic carbocycles. The van der Waals surface area contributed by atoms with Gasteiger partial charge in [0, 0.05) is 6.04 Å². The van der Waals surface area contributed by atoms with Crippen molar-refractivity contribution in [3.8, 4) is 0 Å². The molecule has 0 heterocycles. The lowest BCUT2D eigenvalue weighted by molar-refractivity contribution is 0.0591. The lowest BCUT2D eigenvalue weighted by Crippen LogP contribution is -2.43. The van der Waals surface area contributed by atoms with Gasteiger partial charge >= 0.3 is 0 Å². The van der Waals surface area contributed by atoms with Crippen molar-refractivity contribution >= 4 is 0 Å². The molecule has 0 aliphatic heterocycles. The first-order valence-corrected chi connectivity index (χ1v) is 3.95. The molecule has 10 heavy (non-hydrogen) atoms. The highest BCUT2D eigenvalue weighted by Gasteiger charge is 2.31. The Hall–Kier alpha value is -0.0800. The topological polar surface area (TPSA) is 46.2 Å². The summed E-state index contributed by atoms with van der Waals surface area (Å²) in [5.41, 5.74) is 6.05. The van der Waals surface area contributed by atoms with Gasteiger partial charge in [-0.15, -0.1) is 0 Å². The van der Waals surface area contributed by atoms with E-state index in [9.17, 15) is 5.11 Å². The molecule has 3 N–H and O–H groups in total. The van der Waals surface area contributed by atoms with Crippen LogP contribution in [0.25, 0.3) is 0 Å². The third kappa shape index (κ3) is 1.70. The summed E-state index contributed by atoms with van der Waals surface area (Å²) in [7, 11) is 0. The number of hydrogen-bond donors (Lipinski definition) is 2. The maximum absolute atomic E-state index is 9.28. The molecule has 0 aromatic rings. The third-order valence-electron chi connectivity index (χ3n) is 2.40. The quantitative estimate of drug-likeness (QED) is 0.529. The fourth-order valence-electron chi connectivity index (χ4n) is 1.63. The Labute approximate surface area is 62.4 Å². The molecule has 0 spiro atoms. The number of hydrogen-bond acceptors (Lipinski definition) is 2. The van der Waals surface area contributed by atoms with Crippen LogP contribution in [0.4, 0.5) is 0 Å². The maximum Gasteiger partial charge on any atom is 0.0691 e. The summed E-state index contributed by atoms with van der Waals surface area (Å²) in [4.78, 5) is 0. The van der Waals surface area contributed by atoms with Gasteiger partial charge in [0.2, 0.25) is 0 Å². The Bertz CT molecular complexity index is 122. The molecule has 2 nitrogen and oxygen atoms in total. The van der Waals surface area contributed by atoms with E-state index in [0.717, 1.165) is 19.3 Å². The number of aliphatic hydroxyl groups excluding tert-OH is 1. The molecule has 0 unspecified atom stereocenters. The van der Waals surface area contributed by atoms with E-state index < -0.39 is 0 Å². The van der Waals surface area contributed by atoms with E-state index in [1.165, 1.54) is 0 Å². The summed E-state index contributed by atoms with van der Waals surface area (Å²) in [6.07, 6.45) is 2.66. The summed E-state index contributed by atoms with van der Waals surface area (Å²) < 4.78 is 0. The molecule has 0 aromatic heterocycles. The fourth-order valence-corrected chi connectivity index (χ4v) is 1.63. The molecule has 1 aliphatic rings. The minimum atomic E-state index is -0.256. The highest BCUT2D eigenvalue weighted by Crippen LogP contribution is 2.34. The number of nitrogens with two attached hydrogens (primary N) is 1. The molecule has 0 aromatic carbocycles. The molecular weight excluding hydrogens is 126 g/mol. The molecule has 0 amide bonds. The Morgan fingerprint density at radius 1 is 1.50 bits per heavy atom. The number of rotatable bonds is 0. The monoisotopic (exact) mass is 143 g/mol. The van der Waals surface area contributed by atoms with Crippen LogP contribution in [0.2, 0.25) is 0 Å². The van der Waals surface area contributed by atoms with Crippen molar-refractivity contribution in [2.24, 2.45) is 11.1 Å². The van der Waals surface area contributed by atoms with Crippen LogP contribution in [0.1, 0.15) is 33.1 Å². The van der Waals surface area contributed by atoms with E-state index in [4.69, 9.17) is 5.73 Å². The first-order valence-electron chi connectivity index (χ1n) is 3.95. The standard InChI is InChI=1S/C8H17NO/c1-8(2)4-3-7(10)6(9)5-8/h6-7,10H,3-5,9H2,1-2H3/t6-,7+/m0/s1. The van der Waals surface area contributed by atoms with Crippen LogP contribution >= 0.6 is 0 Å². The SMILES string of the molecule is CC1(C)CC[C@@H](O)[C@@H](N)C1. The van der Waals surface area contributed by atoms with E-state index >= 15 is 0 Å². The van der Waals surface area contributed by atoms with Crippen LogP contribution in [0.5, 0.6) is 0 Å². The summed E-state index contributed by atoms with van der Waals surface area (Å²) in [5, 5.41) is 9.28.